The Morgan fingerprint density at radius 1 is 1.17 bits per heavy atom. The molecular weight excluding hydrogens is 310 g/mol. The molecule has 126 valence electrons. The maximum Gasteiger partial charge on any atom is 0.271 e. The Morgan fingerprint density at radius 2 is 1.78 bits per heavy atom. The molecule has 5 heteroatoms. The van der Waals surface area contributed by atoms with Gasteiger partial charge in [-0.15, -0.1) is 12.4 Å². The molecule has 2 aromatic rings. The third-order valence-corrected chi connectivity index (χ3v) is 3.42. The molecule has 1 aromatic carbocycles. The maximum atomic E-state index is 12.6. The van der Waals surface area contributed by atoms with Crippen LogP contribution in [0.1, 0.15) is 25.0 Å². The van der Waals surface area contributed by atoms with Crippen LogP contribution in [-0.4, -0.2) is 28.8 Å². The van der Waals surface area contributed by atoms with Crippen LogP contribution in [0.3, 0.4) is 0 Å². The summed E-state index contributed by atoms with van der Waals surface area (Å²) in [5.41, 5.74) is 3.92. The van der Waals surface area contributed by atoms with E-state index in [1.165, 1.54) is 5.56 Å². The van der Waals surface area contributed by atoms with Gasteiger partial charge in [0.25, 0.3) is 5.56 Å². The summed E-state index contributed by atoms with van der Waals surface area (Å²) < 4.78 is 1.61. The first kappa shape index (κ1) is 19.4. The van der Waals surface area contributed by atoms with Gasteiger partial charge in [-0.1, -0.05) is 43.7 Å². The number of rotatable bonds is 5. The molecule has 1 heterocycles. The minimum absolute atomic E-state index is 0. The van der Waals surface area contributed by atoms with Crippen LogP contribution in [0.4, 0.5) is 0 Å². The average molecular weight is 336 g/mol. The van der Waals surface area contributed by atoms with Crippen LogP contribution in [0.15, 0.2) is 35.1 Å². The van der Waals surface area contributed by atoms with Crippen molar-refractivity contribution in [3.8, 4) is 11.3 Å². The molecule has 0 saturated carbocycles. The van der Waals surface area contributed by atoms with Crippen molar-refractivity contribution in [3.05, 3.63) is 51.8 Å². The second-order valence-electron chi connectivity index (χ2n) is 6.54. The number of nitrogens with zero attached hydrogens (tertiary/aromatic N) is 3. The second-order valence-corrected chi connectivity index (χ2v) is 6.54. The summed E-state index contributed by atoms with van der Waals surface area (Å²) in [5, 5.41) is 4.57. The van der Waals surface area contributed by atoms with Crippen LogP contribution in [0, 0.1) is 12.8 Å². The van der Waals surface area contributed by atoms with Crippen molar-refractivity contribution in [2.24, 2.45) is 5.92 Å². The van der Waals surface area contributed by atoms with E-state index >= 15 is 0 Å². The van der Waals surface area contributed by atoms with Gasteiger partial charge in [0.05, 0.1) is 5.69 Å². The molecule has 0 N–H and O–H groups in total. The minimum atomic E-state index is 0. The van der Waals surface area contributed by atoms with Crippen molar-refractivity contribution < 1.29 is 0 Å². The summed E-state index contributed by atoms with van der Waals surface area (Å²) in [7, 11) is 3.94. The molecule has 0 radical (unpaired) electrons. The van der Waals surface area contributed by atoms with Crippen molar-refractivity contribution in [2.75, 3.05) is 14.1 Å². The van der Waals surface area contributed by atoms with Gasteiger partial charge in [0.1, 0.15) is 0 Å². The predicted octanol–water partition coefficient (Wildman–Crippen LogP) is 3.36. The number of aromatic nitrogens is 2. The first-order chi connectivity index (χ1) is 10.4. The lowest BCUT2D eigenvalue weighted by molar-refractivity contribution is 0.392. The summed E-state index contributed by atoms with van der Waals surface area (Å²) in [4.78, 5) is 14.6. The number of hydrogen-bond acceptors (Lipinski definition) is 3. The summed E-state index contributed by atoms with van der Waals surface area (Å²) in [6, 6.07) is 10.2. The summed E-state index contributed by atoms with van der Waals surface area (Å²) in [6.07, 6.45) is 0. The average Bonchev–Trinajstić information content (AvgIpc) is 2.43. The van der Waals surface area contributed by atoms with Crippen molar-refractivity contribution in [1.29, 1.82) is 0 Å². The number of benzene rings is 1. The highest BCUT2D eigenvalue weighted by molar-refractivity contribution is 5.85. The topological polar surface area (TPSA) is 38.1 Å². The Kier molecular flexibility index (Phi) is 6.98. The van der Waals surface area contributed by atoms with E-state index in [0.29, 0.717) is 19.0 Å². The molecular formula is C18H26ClN3O. The lowest BCUT2D eigenvalue weighted by Gasteiger charge is -2.15. The maximum absolute atomic E-state index is 12.6. The van der Waals surface area contributed by atoms with Gasteiger partial charge in [0.15, 0.2) is 0 Å². The fourth-order valence-corrected chi connectivity index (χ4v) is 2.39. The van der Waals surface area contributed by atoms with Crippen molar-refractivity contribution in [3.63, 3.8) is 0 Å². The lowest BCUT2D eigenvalue weighted by atomic mass is 10.1. The summed E-state index contributed by atoms with van der Waals surface area (Å²) in [6.45, 7) is 7.52. The van der Waals surface area contributed by atoms with Crippen LogP contribution >= 0.6 is 12.4 Å². The molecule has 23 heavy (non-hydrogen) atoms. The largest absolute Gasteiger partial charge is 0.305 e. The number of aryl methyl sites for hydroxylation is 1. The summed E-state index contributed by atoms with van der Waals surface area (Å²) in [5.74, 6) is 0.380. The third-order valence-electron chi connectivity index (χ3n) is 3.42. The SMILES string of the molecule is Cc1ccc(-c2cc(CN(C)C)c(=O)n(CC(C)C)n2)cc1.Cl. The number of halogens is 1. The van der Waals surface area contributed by atoms with Gasteiger partial charge in [-0.25, -0.2) is 4.68 Å². The molecule has 1 aromatic heterocycles. The van der Waals surface area contributed by atoms with Crippen LogP contribution in [0.2, 0.25) is 0 Å². The van der Waals surface area contributed by atoms with Gasteiger partial charge in [-0.2, -0.15) is 5.10 Å². The molecule has 4 nitrogen and oxygen atoms in total. The molecule has 0 aliphatic heterocycles. The smallest absolute Gasteiger partial charge is 0.271 e. The Morgan fingerprint density at radius 3 is 2.30 bits per heavy atom. The molecule has 0 saturated heterocycles. The quantitative estimate of drug-likeness (QED) is 0.841. The van der Waals surface area contributed by atoms with Crippen LogP contribution in [0.5, 0.6) is 0 Å². The van der Waals surface area contributed by atoms with E-state index in [1.807, 2.05) is 25.1 Å². The van der Waals surface area contributed by atoms with Gasteiger partial charge < -0.3 is 4.90 Å². The standard InChI is InChI=1S/C18H25N3O.ClH/c1-13(2)11-21-18(22)16(12-20(4)5)10-17(19-21)15-8-6-14(3)7-9-15;/h6-10,13H,11-12H2,1-5H3;1H. The molecule has 2 rings (SSSR count). The Hall–Kier alpha value is -1.65. The van der Waals surface area contributed by atoms with E-state index in [1.54, 1.807) is 4.68 Å². The lowest BCUT2D eigenvalue weighted by Crippen LogP contribution is -2.30. The highest BCUT2D eigenvalue weighted by atomic mass is 35.5. The highest BCUT2D eigenvalue weighted by Gasteiger charge is 2.11. The second kappa shape index (κ2) is 8.27. The molecule has 0 spiro atoms. The molecule has 0 atom stereocenters. The van der Waals surface area contributed by atoms with Crippen LogP contribution in [-0.2, 0) is 13.1 Å². The minimum Gasteiger partial charge on any atom is -0.305 e. The molecule has 0 amide bonds. The fourth-order valence-electron chi connectivity index (χ4n) is 2.39. The van der Waals surface area contributed by atoms with Crippen molar-refractivity contribution in [2.45, 2.75) is 33.9 Å². The van der Waals surface area contributed by atoms with E-state index in [2.05, 4.69) is 50.1 Å². The number of hydrogen-bond donors (Lipinski definition) is 0. The monoisotopic (exact) mass is 335 g/mol. The van der Waals surface area contributed by atoms with E-state index in [9.17, 15) is 4.79 Å². The zero-order valence-corrected chi connectivity index (χ0v) is 15.4. The molecule has 0 aliphatic rings. The zero-order chi connectivity index (χ0) is 16.3. The Labute approximate surface area is 144 Å². The van der Waals surface area contributed by atoms with Crippen LogP contribution in [0.25, 0.3) is 11.3 Å². The van der Waals surface area contributed by atoms with Gasteiger partial charge >= 0.3 is 0 Å². The van der Waals surface area contributed by atoms with E-state index in [0.717, 1.165) is 16.8 Å². The van der Waals surface area contributed by atoms with Crippen LogP contribution < -0.4 is 5.56 Å². The van der Waals surface area contributed by atoms with E-state index < -0.39 is 0 Å². The normalized spacial score (nSPS) is 10.9. The van der Waals surface area contributed by atoms with Gasteiger partial charge in [-0.05, 0) is 33.0 Å². The van der Waals surface area contributed by atoms with Gasteiger partial charge in [-0.3, -0.25) is 4.79 Å². The van der Waals surface area contributed by atoms with Crippen molar-refractivity contribution >= 4 is 12.4 Å². The first-order valence-electron chi connectivity index (χ1n) is 7.69. The molecule has 0 unspecified atom stereocenters. The Balaban J connectivity index is 0.00000264. The first-order valence-corrected chi connectivity index (χ1v) is 7.69. The van der Waals surface area contributed by atoms with Gasteiger partial charge in [0.2, 0.25) is 0 Å². The van der Waals surface area contributed by atoms with E-state index in [-0.39, 0.29) is 18.0 Å². The van der Waals surface area contributed by atoms with Gasteiger partial charge in [0, 0.05) is 24.2 Å². The Bertz CT molecular complexity index is 656. The summed E-state index contributed by atoms with van der Waals surface area (Å²) >= 11 is 0. The van der Waals surface area contributed by atoms with E-state index in [4.69, 9.17) is 0 Å². The highest BCUT2D eigenvalue weighted by Crippen LogP contribution is 2.18. The van der Waals surface area contributed by atoms with Crippen molar-refractivity contribution in [1.82, 2.24) is 14.7 Å². The fraction of sp³-hybridized carbons (Fsp3) is 0.444. The third kappa shape index (κ3) is 5.19. The molecule has 0 fully saturated rings. The zero-order valence-electron chi connectivity index (χ0n) is 14.5. The molecule has 0 aliphatic carbocycles. The predicted molar refractivity (Wildman–Crippen MR) is 98.1 cm³/mol. The molecule has 0 bridgehead atoms.